The molecule has 3 aromatic rings. The van der Waals surface area contributed by atoms with Crippen molar-refractivity contribution in [1.29, 1.82) is 0 Å². The number of nitrogens with zero attached hydrogens (tertiary/aromatic N) is 3. The first-order chi connectivity index (χ1) is 12.1. The fourth-order valence-corrected chi connectivity index (χ4v) is 3.81. The van der Waals surface area contributed by atoms with E-state index >= 15 is 0 Å². The van der Waals surface area contributed by atoms with Crippen molar-refractivity contribution in [2.75, 3.05) is 13.1 Å². The third-order valence-electron chi connectivity index (χ3n) is 5.27. The number of aromatic nitrogens is 3. The molecule has 6 heteroatoms. The molecule has 0 aliphatic carbocycles. The lowest BCUT2D eigenvalue weighted by Gasteiger charge is -2.38. The molecule has 1 aromatic carbocycles. The van der Waals surface area contributed by atoms with E-state index in [1.807, 2.05) is 43.6 Å². The Morgan fingerprint density at radius 2 is 1.92 bits per heavy atom. The second-order valence-electron chi connectivity index (χ2n) is 6.84. The summed E-state index contributed by atoms with van der Waals surface area (Å²) in [5.41, 5.74) is 1.13. The molecular formula is C19H22N4O2. The molecular weight excluding hydrogens is 316 g/mol. The Balaban J connectivity index is 1.52. The molecule has 25 heavy (non-hydrogen) atoms. The Morgan fingerprint density at radius 1 is 1.20 bits per heavy atom. The zero-order valence-electron chi connectivity index (χ0n) is 14.3. The molecule has 1 aliphatic rings. The predicted molar refractivity (Wildman–Crippen MR) is 96.2 cm³/mol. The van der Waals surface area contributed by atoms with Gasteiger partial charge in [0.05, 0.1) is 5.69 Å². The number of hydrogen-bond acceptors (Lipinski definition) is 4. The number of piperidine rings is 1. The number of aryl methyl sites for hydroxylation is 1. The van der Waals surface area contributed by atoms with Gasteiger partial charge in [-0.25, -0.2) is 0 Å². The van der Waals surface area contributed by atoms with Crippen molar-refractivity contribution in [2.24, 2.45) is 7.05 Å². The average Bonchev–Trinajstić information content (AvgIpc) is 3.07. The number of nitrogens with one attached hydrogen (secondary N) is 1. The molecule has 1 saturated heterocycles. The smallest absolute Gasteiger partial charge is 0.255 e. The van der Waals surface area contributed by atoms with Crippen LogP contribution in [0.2, 0.25) is 0 Å². The number of aromatic amines is 1. The van der Waals surface area contributed by atoms with Gasteiger partial charge in [-0.05, 0) is 35.9 Å². The van der Waals surface area contributed by atoms with Crippen molar-refractivity contribution in [3.8, 4) is 0 Å². The summed E-state index contributed by atoms with van der Waals surface area (Å²) in [5.74, 6) is 0. The molecule has 0 spiro atoms. The minimum atomic E-state index is -0.811. The molecule has 0 atom stereocenters. The summed E-state index contributed by atoms with van der Waals surface area (Å²) in [6.45, 7) is 2.36. The molecule has 2 aromatic heterocycles. The molecule has 1 fully saturated rings. The SMILES string of the molecule is Cn1nccc1C1(O)CCN(Cc2c[nH]c(=O)c3ccccc23)CC1. The van der Waals surface area contributed by atoms with Gasteiger partial charge in [0.15, 0.2) is 0 Å². The van der Waals surface area contributed by atoms with Crippen LogP contribution in [0.3, 0.4) is 0 Å². The molecule has 2 N–H and O–H groups in total. The van der Waals surface area contributed by atoms with E-state index in [1.54, 1.807) is 10.9 Å². The summed E-state index contributed by atoms with van der Waals surface area (Å²) in [5, 5.41) is 16.9. The Bertz CT molecular complexity index is 951. The first-order valence-electron chi connectivity index (χ1n) is 8.59. The molecule has 6 nitrogen and oxygen atoms in total. The Hall–Kier alpha value is -2.44. The summed E-state index contributed by atoms with van der Waals surface area (Å²) < 4.78 is 1.76. The predicted octanol–water partition coefficient (Wildman–Crippen LogP) is 1.75. The van der Waals surface area contributed by atoms with Gasteiger partial charge in [0, 0.05) is 44.5 Å². The first-order valence-corrected chi connectivity index (χ1v) is 8.59. The summed E-state index contributed by atoms with van der Waals surface area (Å²) >= 11 is 0. The number of hydrogen-bond donors (Lipinski definition) is 2. The molecule has 0 saturated carbocycles. The van der Waals surface area contributed by atoms with Crippen LogP contribution in [0.25, 0.3) is 10.8 Å². The Labute approximate surface area is 145 Å². The molecule has 1 aliphatic heterocycles. The summed E-state index contributed by atoms with van der Waals surface area (Å²) in [4.78, 5) is 17.1. The van der Waals surface area contributed by atoms with Crippen molar-refractivity contribution in [3.05, 3.63) is 64.3 Å². The highest BCUT2D eigenvalue weighted by atomic mass is 16.3. The maximum Gasteiger partial charge on any atom is 0.255 e. The lowest BCUT2D eigenvalue weighted by atomic mass is 9.88. The number of aliphatic hydroxyl groups is 1. The Kier molecular flexibility index (Phi) is 3.94. The van der Waals surface area contributed by atoms with E-state index in [1.165, 1.54) is 0 Å². The van der Waals surface area contributed by atoms with Crippen molar-refractivity contribution in [1.82, 2.24) is 19.7 Å². The maximum absolute atomic E-state index is 12.0. The van der Waals surface area contributed by atoms with Gasteiger partial charge in [0.25, 0.3) is 5.56 Å². The van der Waals surface area contributed by atoms with Gasteiger partial charge in [-0.15, -0.1) is 0 Å². The molecule has 130 valence electrons. The summed E-state index contributed by atoms with van der Waals surface area (Å²) in [6, 6.07) is 9.59. The molecule has 3 heterocycles. The minimum absolute atomic E-state index is 0.0522. The van der Waals surface area contributed by atoms with Gasteiger partial charge in [0.1, 0.15) is 5.60 Å². The van der Waals surface area contributed by atoms with E-state index in [0.29, 0.717) is 12.8 Å². The number of fused-ring (bicyclic) bond motifs is 1. The summed E-state index contributed by atoms with van der Waals surface area (Å²) in [6.07, 6.45) is 4.89. The molecule has 0 radical (unpaired) electrons. The zero-order chi connectivity index (χ0) is 17.4. The highest BCUT2D eigenvalue weighted by Crippen LogP contribution is 2.33. The molecule has 0 bridgehead atoms. The standard InChI is InChI=1S/C19H22N4O2/c1-22-17(6-9-21-22)19(25)7-10-23(11-8-19)13-14-12-20-18(24)16-5-3-2-4-15(14)16/h2-6,9,12,25H,7-8,10-11,13H2,1H3,(H,20,24). The van der Waals surface area contributed by atoms with E-state index in [-0.39, 0.29) is 5.56 Å². The third kappa shape index (κ3) is 2.88. The van der Waals surface area contributed by atoms with Gasteiger partial charge in [-0.3, -0.25) is 14.4 Å². The highest BCUT2D eigenvalue weighted by molar-refractivity contribution is 5.84. The monoisotopic (exact) mass is 338 g/mol. The molecule has 4 rings (SSSR count). The van der Waals surface area contributed by atoms with Crippen LogP contribution in [0.4, 0.5) is 0 Å². The lowest BCUT2D eigenvalue weighted by molar-refractivity contribution is -0.0337. The van der Waals surface area contributed by atoms with E-state index < -0.39 is 5.60 Å². The number of likely N-dealkylation sites (tertiary alicyclic amines) is 1. The molecule has 0 unspecified atom stereocenters. The van der Waals surface area contributed by atoms with Gasteiger partial charge in [0.2, 0.25) is 0 Å². The number of rotatable bonds is 3. The van der Waals surface area contributed by atoms with Crippen LogP contribution < -0.4 is 5.56 Å². The highest BCUT2D eigenvalue weighted by Gasteiger charge is 2.36. The van der Waals surface area contributed by atoms with Crippen molar-refractivity contribution in [2.45, 2.75) is 25.0 Å². The van der Waals surface area contributed by atoms with E-state index in [4.69, 9.17) is 0 Å². The summed E-state index contributed by atoms with van der Waals surface area (Å²) in [7, 11) is 1.87. The number of benzene rings is 1. The normalized spacial score (nSPS) is 17.8. The van der Waals surface area contributed by atoms with E-state index in [9.17, 15) is 9.90 Å². The quantitative estimate of drug-likeness (QED) is 0.763. The van der Waals surface area contributed by atoms with Crippen molar-refractivity contribution >= 4 is 10.8 Å². The van der Waals surface area contributed by atoms with Gasteiger partial charge >= 0.3 is 0 Å². The van der Waals surface area contributed by atoms with Gasteiger partial charge < -0.3 is 10.1 Å². The van der Waals surface area contributed by atoms with Gasteiger partial charge in [-0.2, -0.15) is 5.10 Å². The van der Waals surface area contributed by atoms with E-state index in [0.717, 1.165) is 41.7 Å². The van der Waals surface area contributed by atoms with Gasteiger partial charge in [-0.1, -0.05) is 18.2 Å². The van der Waals surface area contributed by atoms with Crippen molar-refractivity contribution in [3.63, 3.8) is 0 Å². The third-order valence-corrected chi connectivity index (χ3v) is 5.27. The second kappa shape index (κ2) is 6.13. The largest absolute Gasteiger partial charge is 0.383 e. The average molecular weight is 338 g/mol. The topological polar surface area (TPSA) is 74.2 Å². The van der Waals surface area contributed by atoms with Crippen LogP contribution in [0, 0.1) is 0 Å². The van der Waals surface area contributed by atoms with Crippen LogP contribution in [-0.4, -0.2) is 37.9 Å². The first kappa shape index (κ1) is 16.1. The van der Waals surface area contributed by atoms with Crippen LogP contribution in [0.1, 0.15) is 24.1 Å². The Morgan fingerprint density at radius 3 is 2.60 bits per heavy atom. The maximum atomic E-state index is 12.0. The van der Waals surface area contributed by atoms with Crippen LogP contribution in [0.5, 0.6) is 0 Å². The fraction of sp³-hybridized carbons (Fsp3) is 0.368. The minimum Gasteiger partial charge on any atom is -0.383 e. The lowest BCUT2D eigenvalue weighted by Crippen LogP contribution is -2.43. The number of H-pyrrole nitrogens is 1. The molecule has 0 amide bonds. The number of pyridine rings is 1. The second-order valence-corrected chi connectivity index (χ2v) is 6.84. The van der Waals surface area contributed by atoms with Crippen molar-refractivity contribution < 1.29 is 5.11 Å². The van der Waals surface area contributed by atoms with Crippen LogP contribution >= 0.6 is 0 Å². The van der Waals surface area contributed by atoms with Crippen LogP contribution in [0.15, 0.2) is 47.5 Å². The zero-order valence-corrected chi connectivity index (χ0v) is 14.3. The van der Waals surface area contributed by atoms with E-state index in [2.05, 4.69) is 15.0 Å². The van der Waals surface area contributed by atoms with Crippen LogP contribution in [-0.2, 0) is 19.2 Å². The fourth-order valence-electron chi connectivity index (χ4n) is 3.81.